The predicted octanol–water partition coefficient (Wildman–Crippen LogP) is 2.27. The van der Waals surface area contributed by atoms with Gasteiger partial charge in [-0.15, -0.1) is 0 Å². The van der Waals surface area contributed by atoms with Gasteiger partial charge in [0.2, 0.25) is 20.0 Å². The monoisotopic (exact) mass is 450 g/mol. The van der Waals surface area contributed by atoms with Crippen molar-refractivity contribution in [2.24, 2.45) is 0 Å². The lowest BCUT2D eigenvalue weighted by Crippen LogP contribution is -2.50. The number of fused-ring (bicyclic) bond motifs is 1. The third-order valence-corrected chi connectivity index (χ3v) is 9.49. The third kappa shape index (κ3) is 3.99. The van der Waals surface area contributed by atoms with Crippen molar-refractivity contribution in [1.82, 2.24) is 8.61 Å². The van der Waals surface area contributed by atoms with Gasteiger partial charge in [-0.25, -0.2) is 16.8 Å². The molecule has 30 heavy (non-hydrogen) atoms. The minimum absolute atomic E-state index is 0.125. The molecule has 0 bridgehead atoms. The Labute approximate surface area is 178 Å². The molecule has 0 atom stereocenters. The Balaban J connectivity index is 1.46. The second kappa shape index (κ2) is 8.30. The number of benzene rings is 2. The lowest BCUT2D eigenvalue weighted by molar-refractivity contribution is 0.272. The zero-order valence-electron chi connectivity index (χ0n) is 17.0. The number of aryl methyl sites for hydroxylation is 2. The molecule has 162 valence electrons. The van der Waals surface area contributed by atoms with E-state index >= 15 is 0 Å². The van der Waals surface area contributed by atoms with E-state index in [9.17, 15) is 16.8 Å². The zero-order chi connectivity index (χ0) is 21.4. The molecule has 4 rings (SSSR count). The number of nitrogens with zero attached hydrogens (tertiary/aromatic N) is 2. The number of piperazine rings is 1. The largest absolute Gasteiger partial charge is 0.494 e. The van der Waals surface area contributed by atoms with Crippen LogP contribution in [0.5, 0.6) is 5.75 Å². The van der Waals surface area contributed by atoms with Crippen molar-refractivity contribution in [3.8, 4) is 5.75 Å². The van der Waals surface area contributed by atoms with Gasteiger partial charge in [0, 0.05) is 26.2 Å². The Kier molecular flexibility index (Phi) is 5.89. The number of hydrogen-bond donors (Lipinski definition) is 0. The van der Waals surface area contributed by atoms with E-state index in [4.69, 9.17) is 4.74 Å². The maximum atomic E-state index is 13.1. The topological polar surface area (TPSA) is 84.0 Å². The quantitative estimate of drug-likeness (QED) is 0.674. The summed E-state index contributed by atoms with van der Waals surface area (Å²) in [6.45, 7) is 2.89. The molecule has 0 aromatic heterocycles. The highest BCUT2D eigenvalue weighted by atomic mass is 32.2. The predicted molar refractivity (Wildman–Crippen MR) is 114 cm³/mol. The van der Waals surface area contributed by atoms with Gasteiger partial charge in [-0.3, -0.25) is 0 Å². The lowest BCUT2D eigenvalue weighted by atomic mass is 10.1. The first-order valence-corrected chi connectivity index (χ1v) is 13.1. The van der Waals surface area contributed by atoms with E-state index in [0.29, 0.717) is 17.3 Å². The average Bonchev–Trinajstić information content (AvgIpc) is 3.22. The van der Waals surface area contributed by atoms with Gasteiger partial charge in [0.25, 0.3) is 0 Å². The Morgan fingerprint density at radius 1 is 0.767 bits per heavy atom. The van der Waals surface area contributed by atoms with Crippen LogP contribution in [-0.2, 0) is 32.9 Å². The molecule has 9 heteroatoms. The molecule has 1 saturated heterocycles. The van der Waals surface area contributed by atoms with Crippen molar-refractivity contribution >= 4 is 20.0 Å². The standard InChI is InChI=1S/C21H26N2O5S2/c1-2-28-19-7-10-20(11-8-19)29(24,25)22-12-14-23(15-13-22)30(26,27)21-9-6-17-4-3-5-18(17)16-21/h6-11,16H,2-5,12-15H2,1H3. The van der Waals surface area contributed by atoms with E-state index in [-0.39, 0.29) is 31.1 Å². The molecule has 0 radical (unpaired) electrons. The molecule has 2 aromatic rings. The van der Waals surface area contributed by atoms with E-state index < -0.39 is 20.0 Å². The Bertz CT molecular complexity index is 1120. The van der Waals surface area contributed by atoms with Crippen LogP contribution in [0.1, 0.15) is 24.5 Å². The van der Waals surface area contributed by atoms with Crippen molar-refractivity contribution < 1.29 is 21.6 Å². The highest BCUT2D eigenvalue weighted by Gasteiger charge is 2.34. The minimum Gasteiger partial charge on any atom is -0.494 e. The summed E-state index contributed by atoms with van der Waals surface area (Å²) in [5.74, 6) is 0.613. The van der Waals surface area contributed by atoms with Crippen LogP contribution in [0.2, 0.25) is 0 Å². The normalized spacial score (nSPS) is 18.3. The van der Waals surface area contributed by atoms with Crippen molar-refractivity contribution in [3.63, 3.8) is 0 Å². The van der Waals surface area contributed by atoms with Crippen LogP contribution in [-0.4, -0.2) is 58.2 Å². The van der Waals surface area contributed by atoms with Gasteiger partial charge in [0.15, 0.2) is 0 Å². The molecule has 0 saturated carbocycles. The summed E-state index contributed by atoms with van der Waals surface area (Å²) >= 11 is 0. The van der Waals surface area contributed by atoms with E-state index in [1.807, 2.05) is 13.0 Å². The first-order valence-electron chi connectivity index (χ1n) is 10.2. The Morgan fingerprint density at radius 2 is 1.30 bits per heavy atom. The highest BCUT2D eigenvalue weighted by Crippen LogP contribution is 2.27. The maximum Gasteiger partial charge on any atom is 0.243 e. The number of ether oxygens (including phenoxy) is 1. The summed E-state index contributed by atoms with van der Waals surface area (Å²) in [5, 5.41) is 0. The highest BCUT2D eigenvalue weighted by molar-refractivity contribution is 7.89. The summed E-state index contributed by atoms with van der Waals surface area (Å²) in [6.07, 6.45) is 2.96. The Morgan fingerprint density at radius 3 is 1.90 bits per heavy atom. The number of hydrogen-bond acceptors (Lipinski definition) is 5. The molecule has 1 aliphatic heterocycles. The van der Waals surface area contributed by atoms with E-state index in [1.54, 1.807) is 24.3 Å². The van der Waals surface area contributed by atoms with Crippen molar-refractivity contribution in [2.75, 3.05) is 32.8 Å². The fourth-order valence-electron chi connectivity index (χ4n) is 4.03. The summed E-state index contributed by atoms with van der Waals surface area (Å²) in [7, 11) is -7.31. The lowest BCUT2D eigenvalue weighted by Gasteiger charge is -2.33. The van der Waals surface area contributed by atoms with Crippen LogP contribution in [0.3, 0.4) is 0 Å². The van der Waals surface area contributed by atoms with Crippen LogP contribution < -0.4 is 4.74 Å². The van der Waals surface area contributed by atoms with Crippen LogP contribution in [0, 0.1) is 0 Å². The van der Waals surface area contributed by atoms with Crippen molar-refractivity contribution in [2.45, 2.75) is 36.0 Å². The zero-order valence-corrected chi connectivity index (χ0v) is 18.6. The first kappa shape index (κ1) is 21.3. The SMILES string of the molecule is CCOc1ccc(S(=O)(=O)N2CCN(S(=O)(=O)c3ccc4c(c3)CCC4)CC2)cc1. The smallest absolute Gasteiger partial charge is 0.243 e. The minimum atomic E-state index is -3.68. The van der Waals surface area contributed by atoms with Gasteiger partial charge in [-0.1, -0.05) is 6.07 Å². The third-order valence-electron chi connectivity index (χ3n) is 5.68. The maximum absolute atomic E-state index is 13.1. The van der Waals surface area contributed by atoms with Crippen molar-refractivity contribution in [3.05, 3.63) is 53.6 Å². The molecule has 0 N–H and O–H groups in total. The van der Waals surface area contributed by atoms with E-state index in [2.05, 4.69) is 0 Å². The fourth-order valence-corrected chi connectivity index (χ4v) is 6.93. The summed E-state index contributed by atoms with van der Waals surface area (Å²) < 4.78 is 60.1. The average molecular weight is 451 g/mol. The van der Waals surface area contributed by atoms with Gasteiger partial charge < -0.3 is 4.74 Å². The molecular weight excluding hydrogens is 424 g/mol. The summed E-state index contributed by atoms with van der Waals surface area (Å²) in [5.41, 5.74) is 2.33. The van der Waals surface area contributed by atoms with Gasteiger partial charge in [-0.2, -0.15) is 8.61 Å². The van der Waals surface area contributed by atoms with Crippen LogP contribution in [0.4, 0.5) is 0 Å². The molecule has 1 heterocycles. The molecular formula is C21H26N2O5S2. The Hall–Kier alpha value is -1.94. The molecule has 2 aliphatic rings. The van der Waals surface area contributed by atoms with Crippen LogP contribution >= 0.6 is 0 Å². The summed E-state index contributed by atoms with van der Waals surface area (Å²) in [4.78, 5) is 0.479. The van der Waals surface area contributed by atoms with Gasteiger partial charge in [0.05, 0.1) is 16.4 Å². The molecule has 1 aliphatic carbocycles. The van der Waals surface area contributed by atoms with Gasteiger partial charge in [-0.05, 0) is 73.7 Å². The molecule has 0 amide bonds. The second-order valence-electron chi connectivity index (χ2n) is 7.50. The molecule has 0 unspecified atom stereocenters. The fraction of sp³-hybridized carbons (Fsp3) is 0.429. The molecule has 7 nitrogen and oxygen atoms in total. The van der Waals surface area contributed by atoms with Crippen molar-refractivity contribution in [1.29, 1.82) is 0 Å². The first-order chi connectivity index (χ1) is 14.3. The van der Waals surface area contributed by atoms with Crippen LogP contribution in [0.15, 0.2) is 52.3 Å². The van der Waals surface area contributed by atoms with E-state index in [1.165, 1.54) is 26.3 Å². The van der Waals surface area contributed by atoms with E-state index in [0.717, 1.165) is 24.8 Å². The number of sulfonamides is 2. The molecule has 1 fully saturated rings. The summed E-state index contributed by atoms with van der Waals surface area (Å²) in [6, 6.07) is 11.7. The molecule has 0 spiro atoms. The van der Waals surface area contributed by atoms with Crippen LogP contribution in [0.25, 0.3) is 0 Å². The number of rotatable bonds is 6. The molecule has 2 aromatic carbocycles. The van der Waals surface area contributed by atoms with Gasteiger partial charge in [0.1, 0.15) is 5.75 Å². The second-order valence-corrected chi connectivity index (χ2v) is 11.4. The van der Waals surface area contributed by atoms with Gasteiger partial charge >= 0.3 is 0 Å².